The minimum atomic E-state index is -0.214. The fourth-order valence-electron chi connectivity index (χ4n) is 2.52. The Balaban J connectivity index is 1.81. The van der Waals surface area contributed by atoms with Gasteiger partial charge in [0, 0.05) is 44.0 Å². The third-order valence-electron chi connectivity index (χ3n) is 3.87. The van der Waals surface area contributed by atoms with Crippen LogP contribution in [-0.2, 0) is 4.79 Å². The second kappa shape index (κ2) is 6.55. The molecule has 7 heteroatoms. The van der Waals surface area contributed by atoms with E-state index in [2.05, 4.69) is 22.2 Å². The van der Waals surface area contributed by atoms with E-state index in [1.165, 1.54) is 6.92 Å². The van der Waals surface area contributed by atoms with Gasteiger partial charge in [0.15, 0.2) is 5.13 Å². The number of piperazine rings is 1. The molecule has 2 N–H and O–H groups in total. The average Bonchev–Trinajstić information content (AvgIpc) is 2.99. The number of anilines is 2. The molecule has 122 valence electrons. The molecule has 1 aliphatic heterocycles. The molecule has 6 nitrogen and oxygen atoms in total. The normalized spacial score (nSPS) is 15.7. The summed E-state index contributed by atoms with van der Waals surface area (Å²) in [5, 5.41) is 15.5. The zero-order valence-corrected chi connectivity index (χ0v) is 14.1. The minimum absolute atomic E-state index is 0.0541. The molecule has 2 heterocycles. The number of hydrogen-bond acceptors (Lipinski definition) is 6. The van der Waals surface area contributed by atoms with Gasteiger partial charge in [0.05, 0.1) is 11.4 Å². The summed E-state index contributed by atoms with van der Waals surface area (Å²) in [7, 11) is 2.13. The number of amides is 1. The topological polar surface area (TPSA) is 68.7 Å². The van der Waals surface area contributed by atoms with Crippen LogP contribution < -0.4 is 10.2 Å². The van der Waals surface area contributed by atoms with Crippen LogP contribution in [0.4, 0.5) is 10.8 Å². The molecule has 0 radical (unpaired) electrons. The highest BCUT2D eigenvalue weighted by Gasteiger charge is 2.17. The smallest absolute Gasteiger partial charge is 0.221 e. The zero-order valence-electron chi connectivity index (χ0n) is 13.2. The summed E-state index contributed by atoms with van der Waals surface area (Å²) in [4.78, 5) is 20.5. The molecule has 23 heavy (non-hydrogen) atoms. The number of nitrogens with zero attached hydrogens (tertiary/aromatic N) is 3. The van der Waals surface area contributed by atoms with Crippen LogP contribution in [0.1, 0.15) is 6.92 Å². The van der Waals surface area contributed by atoms with E-state index < -0.39 is 0 Å². The number of benzene rings is 1. The molecule has 1 fully saturated rings. The standard InChI is InChI=1S/C16H20N4O2S/c1-11(21)17-13-9-12(3-4-15(13)22)14-10-23-16(18-14)20-7-5-19(2)6-8-20/h3-4,9-10,22H,5-8H2,1-2H3,(H,17,21). The van der Waals surface area contributed by atoms with Gasteiger partial charge in [-0.2, -0.15) is 0 Å². The monoisotopic (exact) mass is 332 g/mol. The Morgan fingerprint density at radius 2 is 2.04 bits per heavy atom. The average molecular weight is 332 g/mol. The first-order valence-corrected chi connectivity index (χ1v) is 8.41. The molecule has 0 spiro atoms. The highest BCUT2D eigenvalue weighted by molar-refractivity contribution is 7.14. The summed E-state index contributed by atoms with van der Waals surface area (Å²) in [6.45, 7) is 5.47. The van der Waals surface area contributed by atoms with Crippen LogP contribution in [0, 0.1) is 0 Å². The molecule has 3 rings (SSSR count). The molecular weight excluding hydrogens is 312 g/mol. The van der Waals surface area contributed by atoms with Crippen molar-refractivity contribution in [3.05, 3.63) is 23.6 Å². The third-order valence-corrected chi connectivity index (χ3v) is 4.77. The number of aromatic nitrogens is 1. The molecule has 2 aromatic rings. The van der Waals surface area contributed by atoms with Gasteiger partial charge in [0.1, 0.15) is 5.75 Å². The van der Waals surface area contributed by atoms with Gasteiger partial charge >= 0.3 is 0 Å². The first kappa shape index (κ1) is 15.8. The molecule has 0 unspecified atom stereocenters. The summed E-state index contributed by atoms with van der Waals surface area (Å²) in [5.41, 5.74) is 2.14. The number of phenolic OH excluding ortho intramolecular Hbond substituents is 1. The van der Waals surface area contributed by atoms with Crippen LogP contribution in [0.5, 0.6) is 5.75 Å². The van der Waals surface area contributed by atoms with Crippen molar-refractivity contribution >= 4 is 28.1 Å². The van der Waals surface area contributed by atoms with Crippen LogP contribution in [0.2, 0.25) is 0 Å². The lowest BCUT2D eigenvalue weighted by molar-refractivity contribution is -0.114. The molecular formula is C16H20N4O2S. The Hall–Kier alpha value is -2.12. The Kier molecular flexibility index (Phi) is 4.49. The lowest BCUT2D eigenvalue weighted by Gasteiger charge is -2.32. The first-order valence-electron chi connectivity index (χ1n) is 7.53. The van der Waals surface area contributed by atoms with Gasteiger partial charge in [-0.25, -0.2) is 4.98 Å². The fraction of sp³-hybridized carbons (Fsp3) is 0.375. The van der Waals surface area contributed by atoms with Crippen molar-refractivity contribution in [2.75, 3.05) is 43.4 Å². The molecule has 0 bridgehead atoms. The maximum Gasteiger partial charge on any atom is 0.221 e. The summed E-state index contributed by atoms with van der Waals surface area (Å²) >= 11 is 1.62. The zero-order chi connectivity index (χ0) is 16.4. The van der Waals surface area contributed by atoms with Gasteiger partial charge in [0.2, 0.25) is 5.91 Å². The highest BCUT2D eigenvalue weighted by atomic mass is 32.1. The lowest BCUT2D eigenvalue weighted by Crippen LogP contribution is -2.44. The van der Waals surface area contributed by atoms with Gasteiger partial charge < -0.3 is 20.2 Å². The molecule has 1 aliphatic rings. The number of carbonyl (C=O) groups is 1. The van der Waals surface area contributed by atoms with Crippen molar-refractivity contribution in [3.63, 3.8) is 0 Å². The number of likely N-dealkylation sites (N-methyl/N-ethyl adjacent to an activating group) is 1. The van der Waals surface area contributed by atoms with Gasteiger partial charge in [-0.3, -0.25) is 4.79 Å². The second-order valence-electron chi connectivity index (χ2n) is 5.72. The predicted molar refractivity (Wildman–Crippen MR) is 93.2 cm³/mol. The minimum Gasteiger partial charge on any atom is -0.506 e. The molecule has 1 aromatic heterocycles. The second-order valence-corrected chi connectivity index (χ2v) is 6.56. The summed E-state index contributed by atoms with van der Waals surface area (Å²) in [5.74, 6) is -0.160. The molecule has 1 amide bonds. The van der Waals surface area contributed by atoms with Crippen molar-refractivity contribution in [3.8, 4) is 17.0 Å². The Bertz CT molecular complexity index is 708. The SMILES string of the molecule is CC(=O)Nc1cc(-c2csc(N3CCN(C)CC3)n2)ccc1O. The van der Waals surface area contributed by atoms with E-state index in [-0.39, 0.29) is 11.7 Å². The summed E-state index contributed by atoms with van der Waals surface area (Å²) in [6, 6.07) is 5.14. The third kappa shape index (κ3) is 3.62. The number of nitrogens with one attached hydrogen (secondary N) is 1. The number of phenols is 1. The van der Waals surface area contributed by atoms with Crippen LogP contribution in [0.3, 0.4) is 0 Å². The summed E-state index contributed by atoms with van der Waals surface area (Å²) < 4.78 is 0. The van der Waals surface area contributed by atoms with E-state index in [4.69, 9.17) is 4.98 Å². The van der Waals surface area contributed by atoms with Crippen molar-refractivity contribution in [1.82, 2.24) is 9.88 Å². The van der Waals surface area contributed by atoms with E-state index in [9.17, 15) is 9.90 Å². The Labute approximate surface area is 139 Å². The first-order chi connectivity index (χ1) is 11.0. The predicted octanol–water partition coefficient (Wildman–Crippen LogP) is 2.23. The van der Waals surface area contributed by atoms with Crippen LogP contribution >= 0.6 is 11.3 Å². The van der Waals surface area contributed by atoms with Crippen molar-refractivity contribution in [2.24, 2.45) is 0 Å². The molecule has 1 saturated heterocycles. The largest absolute Gasteiger partial charge is 0.506 e. The van der Waals surface area contributed by atoms with E-state index in [0.29, 0.717) is 5.69 Å². The van der Waals surface area contributed by atoms with E-state index in [1.807, 2.05) is 11.4 Å². The van der Waals surface area contributed by atoms with Gasteiger partial charge in [-0.1, -0.05) is 0 Å². The maximum atomic E-state index is 11.2. The fourth-order valence-corrected chi connectivity index (χ4v) is 3.41. The number of thiazole rings is 1. The molecule has 0 aliphatic carbocycles. The quantitative estimate of drug-likeness (QED) is 0.844. The highest BCUT2D eigenvalue weighted by Crippen LogP contribution is 2.32. The van der Waals surface area contributed by atoms with Gasteiger partial charge in [0.25, 0.3) is 0 Å². The summed E-state index contributed by atoms with van der Waals surface area (Å²) in [6.07, 6.45) is 0. The van der Waals surface area contributed by atoms with E-state index >= 15 is 0 Å². The number of hydrogen-bond donors (Lipinski definition) is 2. The van der Waals surface area contributed by atoms with Gasteiger partial charge in [-0.05, 0) is 25.2 Å². The van der Waals surface area contributed by atoms with E-state index in [0.717, 1.165) is 42.6 Å². The molecule has 1 aromatic carbocycles. The molecule has 0 saturated carbocycles. The Morgan fingerprint density at radius 3 is 2.74 bits per heavy atom. The van der Waals surface area contributed by atoms with Crippen molar-refractivity contribution in [1.29, 1.82) is 0 Å². The lowest BCUT2D eigenvalue weighted by atomic mass is 10.1. The van der Waals surface area contributed by atoms with Crippen LogP contribution in [-0.4, -0.2) is 54.1 Å². The number of aromatic hydroxyl groups is 1. The number of carbonyl (C=O) groups excluding carboxylic acids is 1. The maximum absolute atomic E-state index is 11.2. The Morgan fingerprint density at radius 1 is 1.30 bits per heavy atom. The van der Waals surface area contributed by atoms with Crippen LogP contribution in [0.25, 0.3) is 11.3 Å². The van der Waals surface area contributed by atoms with E-state index in [1.54, 1.807) is 23.5 Å². The van der Waals surface area contributed by atoms with Gasteiger partial charge in [-0.15, -0.1) is 11.3 Å². The van der Waals surface area contributed by atoms with Crippen molar-refractivity contribution in [2.45, 2.75) is 6.92 Å². The van der Waals surface area contributed by atoms with Crippen molar-refractivity contribution < 1.29 is 9.90 Å². The molecule has 0 atom stereocenters. The van der Waals surface area contributed by atoms with Crippen LogP contribution in [0.15, 0.2) is 23.6 Å². The number of rotatable bonds is 3.